The Morgan fingerprint density at radius 3 is 3.00 bits per heavy atom. The summed E-state index contributed by atoms with van der Waals surface area (Å²) in [6, 6.07) is 0. The van der Waals surface area contributed by atoms with Crippen LogP contribution in [-0.4, -0.2) is 6.17 Å². The van der Waals surface area contributed by atoms with Crippen LogP contribution in [0.2, 0.25) is 0 Å². The molecule has 0 heterocycles. The smallest absolute Gasteiger partial charge is 0.103 e. The lowest BCUT2D eigenvalue weighted by atomic mass is 9.85. The van der Waals surface area contributed by atoms with Gasteiger partial charge in [-0.25, -0.2) is 4.39 Å². The Morgan fingerprint density at radius 2 is 2.40 bits per heavy atom. The molecule has 1 fully saturated rings. The first-order valence-corrected chi connectivity index (χ1v) is 4.30. The molecule has 0 aliphatic heterocycles. The Morgan fingerprint density at radius 1 is 1.60 bits per heavy atom. The van der Waals surface area contributed by atoms with Gasteiger partial charge in [-0.2, -0.15) is 0 Å². The van der Waals surface area contributed by atoms with Gasteiger partial charge in [-0.05, 0) is 38.0 Å². The Labute approximate surface area is 62.8 Å². The lowest BCUT2D eigenvalue weighted by molar-refractivity contribution is 0.180. The second kappa shape index (κ2) is 3.95. The molecule has 0 spiro atoms. The first-order chi connectivity index (χ1) is 4.84. The van der Waals surface area contributed by atoms with Crippen molar-refractivity contribution in [3.63, 3.8) is 0 Å². The van der Waals surface area contributed by atoms with Crippen LogP contribution in [0.1, 0.15) is 39.0 Å². The van der Waals surface area contributed by atoms with E-state index in [9.17, 15) is 4.39 Å². The van der Waals surface area contributed by atoms with E-state index in [0.717, 1.165) is 25.7 Å². The van der Waals surface area contributed by atoms with Gasteiger partial charge < -0.3 is 0 Å². The summed E-state index contributed by atoms with van der Waals surface area (Å²) in [6.45, 7) is 2.13. The topological polar surface area (TPSA) is 0 Å². The average molecular weight is 143 g/mol. The highest BCUT2D eigenvalue weighted by molar-refractivity contribution is 4.83. The second-order valence-electron chi connectivity index (χ2n) is 3.17. The van der Waals surface area contributed by atoms with Crippen LogP contribution in [-0.2, 0) is 0 Å². The van der Waals surface area contributed by atoms with Gasteiger partial charge in [-0.3, -0.25) is 0 Å². The first kappa shape index (κ1) is 8.03. The fourth-order valence-corrected chi connectivity index (χ4v) is 1.68. The van der Waals surface area contributed by atoms with Gasteiger partial charge in [0, 0.05) is 0 Å². The van der Waals surface area contributed by atoms with Crippen LogP contribution in [0.5, 0.6) is 0 Å². The normalized spacial score (nSPS) is 34.2. The van der Waals surface area contributed by atoms with Crippen molar-refractivity contribution in [2.24, 2.45) is 5.92 Å². The van der Waals surface area contributed by atoms with Gasteiger partial charge in [-0.1, -0.05) is 13.3 Å². The van der Waals surface area contributed by atoms with Crippen LogP contribution in [0.4, 0.5) is 4.39 Å². The largest absolute Gasteiger partial charge is 0.247 e. The summed E-state index contributed by atoms with van der Waals surface area (Å²) in [5, 5.41) is 0. The van der Waals surface area contributed by atoms with Gasteiger partial charge >= 0.3 is 0 Å². The zero-order chi connectivity index (χ0) is 7.40. The highest BCUT2D eigenvalue weighted by Crippen LogP contribution is 2.29. The Kier molecular flexibility index (Phi) is 3.17. The quantitative estimate of drug-likeness (QED) is 0.557. The third-order valence-electron chi connectivity index (χ3n) is 2.30. The molecule has 0 N–H and O–H groups in total. The molecule has 1 saturated carbocycles. The number of halogens is 1. The molecule has 0 aromatic rings. The van der Waals surface area contributed by atoms with Crippen molar-refractivity contribution >= 4 is 0 Å². The summed E-state index contributed by atoms with van der Waals surface area (Å²) in [5.74, 6) is 0.370. The number of hydrogen-bond acceptors (Lipinski definition) is 0. The van der Waals surface area contributed by atoms with Crippen LogP contribution >= 0.6 is 0 Å². The molecule has 2 unspecified atom stereocenters. The van der Waals surface area contributed by atoms with Gasteiger partial charge in [-0.15, -0.1) is 0 Å². The molecule has 1 aliphatic rings. The fraction of sp³-hybridized carbons (Fsp3) is 0.889. The van der Waals surface area contributed by atoms with Crippen molar-refractivity contribution in [1.82, 2.24) is 0 Å². The van der Waals surface area contributed by atoms with E-state index >= 15 is 0 Å². The molecule has 1 rings (SSSR count). The van der Waals surface area contributed by atoms with Gasteiger partial charge in [0.25, 0.3) is 0 Å². The molecule has 0 saturated heterocycles. The molecule has 59 valence electrons. The van der Waals surface area contributed by atoms with Gasteiger partial charge in [0.1, 0.15) is 6.17 Å². The molecule has 0 aromatic heterocycles. The summed E-state index contributed by atoms with van der Waals surface area (Å²) in [4.78, 5) is 0. The molecule has 1 radical (unpaired) electrons. The van der Waals surface area contributed by atoms with E-state index < -0.39 is 6.17 Å². The maximum Gasteiger partial charge on any atom is 0.103 e. The molecular weight excluding hydrogens is 127 g/mol. The SMILES string of the molecule is CCCC1CC[CH]CC1F. The molecule has 0 nitrogen and oxygen atoms in total. The predicted molar refractivity (Wildman–Crippen MR) is 41.4 cm³/mol. The van der Waals surface area contributed by atoms with E-state index in [1.165, 1.54) is 0 Å². The molecule has 0 aromatic carbocycles. The van der Waals surface area contributed by atoms with E-state index in [-0.39, 0.29) is 0 Å². The van der Waals surface area contributed by atoms with E-state index in [4.69, 9.17) is 0 Å². The summed E-state index contributed by atoms with van der Waals surface area (Å²) >= 11 is 0. The lowest BCUT2D eigenvalue weighted by Crippen LogP contribution is -2.20. The Bertz CT molecular complexity index is 88.7. The maximum atomic E-state index is 13.0. The van der Waals surface area contributed by atoms with Gasteiger partial charge in [0.15, 0.2) is 0 Å². The summed E-state index contributed by atoms with van der Waals surface area (Å²) in [5.41, 5.74) is 0. The van der Waals surface area contributed by atoms with E-state index in [1.54, 1.807) is 0 Å². The average Bonchev–Trinajstić information content (AvgIpc) is 1.94. The number of alkyl halides is 1. The molecule has 10 heavy (non-hydrogen) atoms. The molecule has 0 bridgehead atoms. The first-order valence-electron chi connectivity index (χ1n) is 4.30. The molecule has 1 aliphatic carbocycles. The van der Waals surface area contributed by atoms with Crippen LogP contribution in [0.3, 0.4) is 0 Å². The van der Waals surface area contributed by atoms with Crippen molar-refractivity contribution < 1.29 is 4.39 Å². The van der Waals surface area contributed by atoms with Crippen LogP contribution in [0.15, 0.2) is 0 Å². The summed E-state index contributed by atoms with van der Waals surface area (Å²) in [6.07, 6.45) is 6.66. The molecule has 2 atom stereocenters. The van der Waals surface area contributed by atoms with Gasteiger partial charge in [0.2, 0.25) is 0 Å². The summed E-state index contributed by atoms with van der Waals surface area (Å²) in [7, 11) is 0. The maximum absolute atomic E-state index is 13.0. The highest BCUT2D eigenvalue weighted by Gasteiger charge is 2.23. The van der Waals surface area contributed by atoms with Crippen molar-refractivity contribution in [2.75, 3.05) is 0 Å². The molecule has 1 heteroatoms. The minimum atomic E-state index is -0.534. The fourth-order valence-electron chi connectivity index (χ4n) is 1.68. The molecular formula is C9H16F. The van der Waals surface area contributed by atoms with E-state index in [2.05, 4.69) is 13.3 Å². The predicted octanol–water partition coefficient (Wildman–Crippen LogP) is 3.13. The summed E-state index contributed by atoms with van der Waals surface area (Å²) < 4.78 is 13.0. The number of hydrogen-bond donors (Lipinski definition) is 0. The van der Waals surface area contributed by atoms with E-state index in [1.807, 2.05) is 0 Å². The second-order valence-corrected chi connectivity index (χ2v) is 3.17. The zero-order valence-corrected chi connectivity index (χ0v) is 6.65. The van der Waals surface area contributed by atoms with Crippen molar-refractivity contribution in [1.29, 1.82) is 0 Å². The lowest BCUT2D eigenvalue weighted by Gasteiger charge is -2.24. The third kappa shape index (κ3) is 1.96. The monoisotopic (exact) mass is 143 g/mol. The van der Waals surface area contributed by atoms with E-state index in [0.29, 0.717) is 12.3 Å². The zero-order valence-electron chi connectivity index (χ0n) is 6.65. The van der Waals surface area contributed by atoms with Crippen LogP contribution in [0, 0.1) is 12.3 Å². The van der Waals surface area contributed by atoms with Crippen molar-refractivity contribution in [3.8, 4) is 0 Å². The minimum absolute atomic E-state index is 0.370. The Balaban J connectivity index is 2.25. The molecule has 0 amide bonds. The highest BCUT2D eigenvalue weighted by atomic mass is 19.1. The van der Waals surface area contributed by atoms with Crippen molar-refractivity contribution in [2.45, 2.75) is 45.2 Å². The third-order valence-corrected chi connectivity index (χ3v) is 2.30. The Hall–Kier alpha value is -0.0700. The van der Waals surface area contributed by atoms with Crippen LogP contribution in [0.25, 0.3) is 0 Å². The van der Waals surface area contributed by atoms with Gasteiger partial charge in [0.05, 0.1) is 0 Å². The van der Waals surface area contributed by atoms with Crippen LogP contribution < -0.4 is 0 Å². The number of rotatable bonds is 2. The minimum Gasteiger partial charge on any atom is -0.247 e. The van der Waals surface area contributed by atoms with Crippen molar-refractivity contribution in [3.05, 3.63) is 6.42 Å². The standard InChI is InChI=1S/C9H16F/c1-2-5-8-6-3-4-7-9(8)10/h4,8-9H,2-3,5-7H2,1H3.